The van der Waals surface area contributed by atoms with E-state index in [2.05, 4.69) is 0 Å². The normalized spacial score (nSPS) is 17.0. The van der Waals surface area contributed by atoms with Crippen LogP contribution in [0.25, 0.3) is 10.9 Å². The molecule has 0 N–H and O–H groups in total. The van der Waals surface area contributed by atoms with Gasteiger partial charge in [-0.05, 0) is 30.9 Å². The highest BCUT2D eigenvalue weighted by Gasteiger charge is 2.34. The zero-order valence-corrected chi connectivity index (χ0v) is 17.7. The minimum atomic E-state index is -4.66. The lowest BCUT2D eigenvalue weighted by Crippen LogP contribution is -2.51. The van der Waals surface area contributed by atoms with Crippen LogP contribution < -0.4 is 10.3 Å². The maximum absolute atomic E-state index is 13.5. The molecule has 1 aliphatic carbocycles. The van der Waals surface area contributed by atoms with Crippen molar-refractivity contribution < 1.29 is 27.5 Å². The van der Waals surface area contributed by atoms with Gasteiger partial charge in [-0.25, -0.2) is 0 Å². The fourth-order valence-electron chi connectivity index (χ4n) is 3.94. The number of amides is 2. The Labute approximate surface area is 182 Å². The largest absolute Gasteiger partial charge is 0.484 e. The molecule has 0 radical (unpaired) electrons. The number of nitrogens with zero attached hydrogens (tertiary/aromatic N) is 3. The van der Waals surface area contributed by atoms with Gasteiger partial charge in [0.15, 0.2) is 6.61 Å². The van der Waals surface area contributed by atoms with Crippen molar-refractivity contribution in [2.45, 2.75) is 32.5 Å². The molecule has 1 saturated carbocycles. The summed E-state index contributed by atoms with van der Waals surface area (Å²) in [5.74, 6) is 0.191. The molecular formula is C22H24F3N3O4. The summed E-state index contributed by atoms with van der Waals surface area (Å²) in [4.78, 5) is 39.6. The summed E-state index contributed by atoms with van der Waals surface area (Å²) in [6, 6.07) is 4.71. The lowest BCUT2D eigenvalue weighted by atomic mass is 10.1. The molecule has 0 spiro atoms. The topological polar surface area (TPSA) is 71.9 Å². The molecule has 0 bridgehead atoms. The second-order valence-electron chi connectivity index (χ2n) is 8.30. The molecule has 2 fully saturated rings. The number of carbonyl (C=O) groups is 2. The summed E-state index contributed by atoms with van der Waals surface area (Å²) in [6.07, 6.45) is -2.77. The van der Waals surface area contributed by atoms with E-state index in [9.17, 15) is 27.6 Å². The predicted molar refractivity (Wildman–Crippen MR) is 110 cm³/mol. The van der Waals surface area contributed by atoms with Crippen molar-refractivity contribution in [3.05, 3.63) is 40.2 Å². The number of pyridine rings is 1. The number of alkyl halides is 3. The van der Waals surface area contributed by atoms with Gasteiger partial charge in [0, 0.05) is 57.2 Å². The Morgan fingerprint density at radius 2 is 1.72 bits per heavy atom. The molecule has 2 amide bonds. The molecular weight excluding hydrogens is 427 g/mol. The minimum Gasteiger partial charge on any atom is -0.484 e. The van der Waals surface area contributed by atoms with Gasteiger partial charge in [0.25, 0.3) is 11.5 Å². The van der Waals surface area contributed by atoms with Crippen molar-refractivity contribution in [3.63, 3.8) is 0 Å². The highest BCUT2D eigenvalue weighted by molar-refractivity contribution is 5.85. The van der Waals surface area contributed by atoms with Crippen LogP contribution in [0.5, 0.6) is 5.75 Å². The third-order valence-electron chi connectivity index (χ3n) is 5.97. The van der Waals surface area contributed by atoms with Crippen LogP contribution in [-0.4, -0.2) is 59.0 Å². The summed E-state index contributed by atoms with van der Waals surface area (Å²) in [5, 5.41) is -0.0724. The van der Waals surface area contributed by atoms with Crippen LogP contribution in [-0.2, 0) is 22.3 Å². The molecule has 1 saturated heterocycles. The first-order chi connectivity index (χ1) is 15.1. The van der Waals surface area contributed by atoms with Crippen molar-refractivity contribution in [2.75, 3.05) is 32.8 Å². The molecule has 1 aromatic carbocycles. The summed E-state index contributed by atoms with van der Waals surface area (Å²) in [5.41, 5.74) is -1.53. The Hall–Kier alpha value is -3.04. The van der Waals surface area contributed by atoms with Gasteiger partial charge >= 0.3 is 6.18 Å². The molecule has 1 aromatic heterocycles. The summed E-state index contributed by atoms with van der Waals surface area (Å²) in [6.45, 7) is 3.25. The van der Waals surface area contributed by atoms with Gasteiger partial charge in [-0.2, -0.15) is 13.2 Å². The number of hydrogen-bond acceptors (Lipinski definition) is 4. The Morgan fingerprint density at radius 1 is 1.06 bits per heavy atom. The van der Waals surface area contributed by atoms with Crippen molar-refractivity contribution in [2.24, 2.45) is 5.92 Å². The lowest BCUT2D eigenvalue weighted by Gasteiger charge is -2.34. The van der Waals surface area contributed by atoms with E-state index in [1.54, 1.807) is 9.80 Å². The van der Waals surface area contributed by atoms with E-state index in [-0.39, 0.29) is 41.0 Å². The van der Waals surface area contributed by atoms with Gasteiger partial charge in [0.05, 0.1) is 11.1 Å². The number of ether oxygens (including phenoxy) is 1. The lowest BCUT2D eigenvalue weighted by molar-refractivity contribution is -0.139. The quantitative estimate of drug-likeness (QED) is 0.701. The van der Waals surface area contributed by atoms with E-state index in [1.807, 2.05) is 0 Å². The van der Waals surface area contributed by atoms with E-state index in [4.69, 9.17) is 4.74 Å². The van der Waals surface area contributed by atoms with E-state index < -0.39 is 17.3 Å². The number of piperazine rings is 1. The Kier molecular flexibility index (Phi) is 5.87. The highest BCUT2D eigenvalue weighted by atomic mass is 19.4. The van der Waals surface area contributed by atoms with Gasteiger partial charge in [-0.3, -0.25) is 14.4 Å². The third-order valence-corrected chi connectivity index (χ3v) is 5.97. The molecule has 4 rings (SSSR count). The van der Waals surface area contributed by atoms with Crippen molar-refractivity contribution in [3.8, 4) is 5.75 Å². The Balaban J connectivity index is 1.54. The fourth-order valence-corrected chi connectivity index (χ4v) is 3.94. The van der Waals surface area contributed by atoms with Crippen molar-refractivity contribution in [1.29, 1.82) is 0 Å². The standard InChI is InChI=1S/C22H24F3N3O4/c1-14(29)26-6-8-27(9-7-26)21(31)13-32-16-4-5-17-18(22(23,24)25)11-20(30)28(19(17)10-16)12-15-2-3-15/h4-5,10-11,15H,2-3,6-9,12-13H2,1H3. The number of aromatic nitrogens is 1. The first-order valence-electron chi connectivity index (χ1n) is 10.5. The van der Waals surface area contributed by atoms with Crippen LogP contribution in [0, 0.1) is 5.92 Å². The van der Waals surface area contributed by atoms with Crippen LogP contribution in [0.1, 0.15) is 25.3 Å². The van der Waals surface area contributed by atoms with Crippen LogP contribution in [0.2, 0.25) is 0 Å². The van der Waals surface area contributed by atoms with Crippen LogP contribution in [0.3, 0.4) is 0 Å². The Morgan fingerprint density at radius 3 is 2.31 bits per heavy atom. The molecule has 7 nitrogen and oxygen atoms in total. The predicted octanol–water partition coefficient (Wildman–Crippen LogP) is 2.50. The van der Waals surface area contributed by atoms with Gasteiger partial charge in [0.2, 0.25) is 5.91 Å². The number of benzene rings is 1. The molecule has 2 heterocycles. The molecule has 1 aliphatic heterocycles. The first kappa shape index (κ1) is 22.2. The van der Waals surface area contributed by atoms with Crippen molar-refractivity contribution in [1.82, 2.24) is 14.4 Å². The zero-order valence-electron chi connectivity index (χ0n) is 17.7. The minimum absolute atomic E-state index is 0.0417. The highest BCUT2D eigenvalue weighted by Crippen LogP contribution is 2.36. The first-order valence-corrected chi connectivity index (χ1v) is 10.5. The molecule has 2 aromatic rings. The number of rotatable bonds is 5. The summed E-state index contributed by atoms with van der Waals surface area (Å²) in [7, 11) is 0. The number of carbonyl (C=O) groups excluding carboxylic acids is 2. The summed E-state index contributed by atoms with van der Waals surface area (Å²) >= 11 is 0. The SMILES string of the molecule is CC(=O)N1CCN(C(=O)COc2ccc3c(C(F)(F)F)cc(=O)n(CC4CC4)c3c2)CC1. The maximum Gasteiger partial charge on any atom is 0.417 e. The molecule has 0 atom stereocenters. The number of hydrogen-bond donors (Lipinski definition) is 0. The third kappa shape index (κ3) is 4.73. The fraction of sp³-hybridized carbons (Fsp3) is 0.500. The zero-order chi connectivity index (χ0) is 23.0. The molecule has 2 aliphatic rings. The average Bonchev–Trinajstić information content (AvgIpc) is 3.57. The van der Waals surface area contributed by atoms with Gasteiger partial charge in [-0.1, -0.05) is 0 Å². The average molecular weight is 451 g/mol. The second kappa shape index (κ2) is 8.48. The second-order valence-corrected chi connectivity index (χ2v) is 8.30. The van der Waals surface area contributed by atoms with Gasteiger partial charge in [-0.15, -0.1) is 0 Å². The van der Waals surface area contributed by atoms with E-state index in [0.29, 0.717) is 38.8 Å². The van der Waals surface area contributed by atoms with Gasteiger partial charge < -0.3 is 19.1 Å². The number of fused-ring (bicyclic) bond motifs is 1. The maximum atomic E-state index is 13.5. The van der Waals surface area contributed by atoms with E-state index in [1.165, 1.54) is 29.7 Å². The van der Waals surface area contributed by atoms with Crippen LogP contribution in [0.4, 0.5) is 13.2 Å². The smallest absolute Gasteiger partial charge is 0.417 e. The van der Waals surface area contributed by atoms with E-state index >= 15 is 0 Å². The monoisotopic (exact) mass is 451 g/mol. The molecule has 0 unspecified atom stereocenters. The van der Waals surface area contributed by atoms with E-state index in [0.717, 1.165) is 12.8 Å². The van der Waals surface area contributed by atoms with Crippen LogP contribution in [0.15, 0.2) is 29.1 Å². The summed E-state index contributed by atoms with van der Waals surface area (Å²) < 4.78 is 47.4. The molecule has 172 valence electrons. The Bertz CT molecular complexity index is 1100. The van der Waals surface area contributed by atoms with Crippen LogP contribution >= 0.6 is 0 Å². The molecule has 10 heteroatoms. The number of halogens is 3. The van der Waals surface area contributed by atoms with Crippen molar-refractivity contribution >= 4 is 22.7 Å². The molecule has 32 heavy (non-hydrogen) atoms. The van der Waals surface area contributed by atoms with Gasteiger partial charge in [0.1, 0.15) is 5.75 Å².